The first-order valence-electron chi connectivity index (χ1n) is 32.0. The summed E-state index contributed by atoms with van der Waals surface area (Å²) < 4.78 is 11.0. The number of piperidine rings is 3. The Morgan fingerprint density at radius 3 is 1.11 bits per heavy atom. The first kappa shape index (κ1) is 79.9. The molecule has 3 saturated heterocycles. The number of hydrogen-bond acceptors (Lipinski definition) is 9. The Morgan fingerprint density at radius 1 is 0.556 bits per heavy atom. The fourth-order valence-electron chi connectivity index (χ4n) is 12.0. The zero-order chi connectivity index (χ0) is 65.5. The molecule has 0 radical (unpaired) electrons. The van der Waals surface area contributed by atoms with Gasteiger partial charge in [0.05, 0.1) is 10.9 Å². The van der Waals surface area contributed by atoms with Gasteiger partial charge in [-0.3, -0.25) is 14.3 Å². The van der Waals surface area contributed by atoms with Gasteiger partial charge in [-0.2, -0.15) is 0 Å². The average molecular weight is 1290 g/mol. The van der Waals surface area contributed by atoms with Crippen molar-refractivity contribution in [3.63, 3.8) is 0 Å². The number of carboxylic acids is 1. The van der Waals surface area contributed by atoms with Crippen molar-refractivity contribution in [3.05, 3.63) is 124 Å². The second kappa shape index (κ2) is 37.4. The summed E-state index contributed by atoms with van der Waals surface area (Å²) in [7, 11) is 0. The smallest absolute Gasteiger partial charge is 0.410 e. The number of nitrogens with zero attached hydrogens (tertiary/aromatic N) is 2. The number of hydrogen-bond donors (Lipinski definition) is 5. The molecular weight excluding hydrogens is 1180 g/mol. The molecule has 3 heterocycles. The normalized spacial score (nSPS) is 16.5. The largest absolute Gasteiger partial charge is 0.478 e. The maximum Gasteiger partial charge on any atom is 0.410 e. The van der Waals surface area contributed by atoms with Crippen LogP contribution in [0.3, 0.4) is 0 Å². The molecule has 3 aliphatic carbocycles. The fraction of sp³-hybridized carbons (Fsp3) is 0.575. The molecule has 0 bridgehead atoms. The Labute approximate surface area is 549 Å². The maximum absolute atomic E-state index is 13.0. The molecule has 14 nitrogen and oxygen atoms in total. The Hall–Kier alpha value is -6.18. The first-order chi connectivity index (χ1) is 41.7. The van der Waals surface area contributed by atoms with Crippen molar-refractivity contribution in [3.8, 4) is 11.8 Å². The molecule has 6 aliphatic rings. The molecule has 17 heteroatoms. The van der Waals surface area contributed by atoms with E-state index in [1.54, 1.807) is 9.80 Å². The summed E-state index contributed by atoms with van der Waals surface area (Å²) in [6, 6.07) is 25.2. The molecule has 0 atom stereocenters. The molecule has 3 spiro atoms. The van der Waals surface area contributed by atoms with Gasteiger partial charge in [0.2, 0.25) is 0 Å². The van der Waals surface area contributed by atoms with Crippen LogP contribution in [0.2, 0.25) is 0 Å². The SMILES string of the molecule is C.CC#CC.CC(C)(C)OC(=O)N1CCC2(C=C(C(=O)O)c3ccccc32)CC1.CCC(CC)NC(=O)C1=CC2(CCN(C(=O)OC(C)(C)C)CC2)c2ccccc21.CCC(CC)NC(=O)C1=CC2(CCNCC2)c2ccccc21.CCC(N)CC.ClCCl.F. The summed E-state index contributed by atoms with van der Waals surface area (Å²) >= 11 is 9.53. The van der Waals surface area contributed by atoms with Gasteiger partial charge in [-0.1, -0.05) is 140 Å². The first-order valence-corrected chi connectivity index (χ1v) is 33.0. The van der Waals surface area contributed by atoms with Crippen LogP contribution in [0.15, 0.2) is 91.0 Å². The molecule has 3 aromatic rings. The van der Waals surface area contributed by atoms with Crippen LogP contribution in [0, 0.1) is 11.8 Å². The van der Waals surface area contributed by atoms with Crippen molar-refractivity contribution in [2.75, 3.05) is 44.6 Å². The third-order valence-corrected chi connectivity index (χ3v) is 17.3. The number of benzene rings is 3. The van der Waals surface area contributed by atoms with E-state index in [2.05, 4.69) is 106 Å². The van der Waals surface area contributed by atoms with Gasteiger partial charge >= 0.3 is 18.2 Å². The van der Waals surface area contributed by atoms with Crippen LogP contribution in [0.5, 0.6) is 0 Å². The van der Waals surface area contributed by atoms with Crippen LogP contribution < -0.4 is 21.7 Å². The molecule has 6 N–H and O–H groups in total. The topological polar surface area (TPSA) is 193 Å². The minimum Gasteiger partial charge on any atom is -0.478 e. The van der Waals surface area contributed by atoms with Gasteiger partial charge in [0.15, 0.2) is 0 Å². The van der Waals surface area contributed by atoms with Crippen molar-refractivity contribution in [1.82, 2.24) is 25.8 Å². The number of nitrogens with one attached hydrogen (secondary N) is 3. The second-order valence-electron chi connectivity index (χ2n) is 25.4. The highest BCUT2D eigenvalue weighted by Crippen LogP contribution is 2.49. The number of aliphatic carboxylic acids is 1. The summed E-state index contributed by atoms with van der Waals surface area (Å²) in [5.41, 5.74) is 12.6. The summed E-state index contributed by atoms with van der Waals surface area (Å²) in [6.07, 6.45) is 16.9. The summed E-state index contributed by atoms with van der Waals surface area (Å²) in [6.45, 7) is 31.9. The van der Waals surface area contributed by atoms with E-state index in [1.807, 2.05) is 110 Å². The van der Waals surface area contributed by atoms with Gasteiger partial charge in [-0.05, 0) is 179 Å². The maximum atomic E-state index is 13.0. The van der Waals surface area contributed by atoms with Gasteiger partial charge in [0, 0.05) is 71.7 Å². The molecule has 0 saturated carbocycles. The van der Waals surface area contributed by atoms with E-state index < -0.39 is 17.2 Å². The zero-order valence-corrected chi connectivity index (χ0v) is 57.3. The van der Waals surface area contributed by atoms with E-state index in [0.29, 0.717) is 50.6 Å². The lowest BCUT2D eigenvalue weighted by atomic mass is 9.74. The lowest BCUT2D eigenvalue weighted by molar-refractivity contribution is -0.130. The third kappa shape index (κ3) is 21.7. The number of rotatable bonds is 11. The number of carbonyl (C=O) groups excluding carboxylic acids is 4. The number of amides is 4. The molecule has 90 heavy (non-hydrogen) atoms. The highest BCUT2D eigenvalue weighted by Gasteiger charge is 2.46. The molecule has 500 valence electrons. The van der Waals surface area contributed by atoms with Crippen LogP contribution >= 0.6 is 23.2 Å². The van der Waals surface area contributed by atoms with Gasteiger partial charge < -0.3 is 46.1 Å². The molecule has 9 rings (SSSR count). The lowest BCUT2D eigenvalue weighted by Gasteiger charge is -2.39. The van der Waals surface area contributed by atoms with E-state index >= 15 is 0 Å². The summed E-state index contributed by atoms with van der Waals surface area (Å²) in [5.74, 6) is 4.57. The Bertz CT molecular complexity index is 2930. The molecule has 4 amide bonds. The van der Waals surface area contributed by atoms with Crippen molar-refractivity contribution in [1.29, 1.82) is 0 Å². The van der Waals surface area contributed by atoms with Crippen LogP contribution in [-0.4, -0.2) is 119 Å². The standard InChI is InChI=1S/C24H34N2O3.C19H26N2O.C19H23NO4.C5H13N.C4H6.CH2Cl2.CH4.FH/c1-6-17(7-2)25-21(27)19-16-24(20-11-9-8-10-18(19)20)12-14-26(15-13-24)22(28)29-23(3,4)5;1-3-14(4-2)21-18(22)16-13-19(9-11-20-12-10-19)17-8-6-5-7-15(16)17;1-18(2,3)24-17(23)20-10-8-19(9-11-20)12-14(16(21)22)13-6-4-5-7-15(13)19;1-3-5(6)4-2;1-3-4-2;2-1-3;;/h8-11,16-17H,6-7,12-15H2,1-5H3,(H,25,27);5-8,13-14,20H,3-4,9-12H2,1-2H3,(H,21,22);4-7,12H,8-11H2,1-3H3,(H,21,22);5H,3-4,6H2,1-2H3;1-2H3;1H2;1H4;1H. The number of ether oxygens (including phenoxy) is 2. The number of carbonyl (C=O) groups is 5. The third-order valence-electron chi connectivity index (χ3n) is 17.3. The number of allylic oxidation sites excluding steroid dienone is 3. The number of fused-ring (bicyclic) bond motifs is 6. The Balaban J connectivity index is 0.000000416. The van der Waals surface area contributed by atoms with Gasteiger partial charge in [-0.25, -0.2) is 14.4 Å². The van der Waals surface area contributed by atoms with Gasteiger partial charge in [-0.15, -0.1) is 35.0 Å². The average Bonchev–Trinajstić information content (AvgIpc) is 1.62. The number of halogens is 3. The van der Waals surface area contributed by atoms with Crippen molar-refractivity contribution in [2.45, 2.75) is 227 Å². The van der Waals surface area contributed by atoms with E-state index in [4.69, 9.17) is 38.4 Å². The highest BCUT2D eigenvalue weighted by atomic mass is 35.5. The van der Waals surface area contributed by atoms with E-state index in [-0.39, 0.29) is 69.8 Å². The van der Waals surface area contributed by atoms with Crippen LogP contribution in [-0.2, 0) is 40.1 Å². The molecule has 3 aliphatic heterocycles. The Morgan fingerprint density at radius 2 is 0.844 bits per heavy atom. The fourth-order valence-corrected chi connectivity index (χ4v) is 12.0. The lowest BCUT2D eigenvalue weighted by Crippen LogP contribution is -2.45. The zero-order valence-electron chi connectivity index (χ0n) is 55.8. The van der Waals surface area contributed by atoms with Crippen molar-refractivity contribution in [2.24, 2.45) is 5.73 Å². The number of nitrogens with two attached hydrogens (primary N) is 1. The van der Waals surface area contributed by atoms with E-state index in [9.17, 15) is 29.1 Å². The minimum absolute atomic E-state index is 0. The van der Waals surface area contributed by atoms with E-state index in [1.165, 1.54) is 11.1 Å². The van der Waals surface area contributed by atoms with Crippen LogP contribution in [0.25, 0.3) is 16.7 Å². The monoisotopic (exact) mass is 1290 g/mol. The quantitative estimate of drug-likeness (QED) is 0.0911. The predicted octanol–water partition coefficient (Wildman–Crippen LogP) is 15.5. The molecular formula is C73H109Cl2FN6O8. The number of likely N-dealkylation sites (tertiary alicyclic amines) is 2. The number of carboxylic acid groups (broad SMARTS) is 1. The van der Waals surface area contributed by atoms with E-state index in [0.717, 1.165) is 111 Å². The predicted molar refractivity (Wildman–Crippen MR) is 371 cm³/mol. The molecule has 3 aromatic carbocycles. The summed E-state index contributed by atoms with van der Waals surface area (Å²) in [4.78, 5) is 65.5. The van der Waals surface area contributed by atoms with Gasteiger partial charge in [0.25, 0.3) is 11.8 Å². The minimum atomic E-state index is -0.895. The molecule has 0 aromatic heterocycles. The Kier molecular flexibility index (Phi) is 33.2. The van der Waals surface area contributed by atoms with Crippen molar-refractivity contribution >= 4 is 69.9 Å². The molecule has 0 unspecified atom stereocenters. The van der Waals surface area contributed by atoms with Gasteiger partial charge in [0.1, 0.15) is 11.2 Å². The highest BCUT2D eigenvalue weighted by molar-refractivity contribution is 6.40. The summed E-state index contributed by atoms with van der Waals surface area (Å²) in [5, 5.41) is 19.5. The second-order valence-corrected chi connectivity index (χ2v) is 26.2. The van der Waals surface area contributed by atoms with Crippen molar-refractivity contribution < 1.29 is 43.3 Å². The van der Waals surface area contributed by atoms with Crippen LogP contribution in [0.1, 0.15) is 215 Å². The molecule has 3 fully saturated rings. The number of alkyl halides is 2. The van der Waals surface area contributed by atoms with Crippen LogP contribution in [0.4, 0.5) is 14.3 Å².